The van der Waals surface area contributed by atoms with Crippen LogP contribution in [0.5, 0.6) is 0 Å². The molecule has 7 heavy (non-hydrogen) atoms. The molecule has 0 aliphatic heterocycles. The molecule has 3 nitrogen and oxygen atoms in total. The molecule has 0 unspecified atom stereocenters. The summed E-state index contributed by atoms with van der Waals surface area (Å²) in [7, 11) is 0. The predicted octanol–water partition coefficient (Wildman–Crippen LogP) is -0.933. The molecular weight excluding hydrogens is 92.1 g/mol. The van der Waals surface area contributed by atoms with Crippen molar-refractivity contribution in [3.63, 3.8) is 0 Å². The summed E-state index contributed by atoms with van der Waals surface area (Å²) in [6.45, 7) is 2.04. The predicted molar refractivity (Wildman–Crippen MR) is 27.4 cm³/mol. The van der Waals surface area contributed by atoms with Crippen LogP contribution in [0.2, 0.25) is 0 Å². The first-order chi connectivity index (χ1) is 3.18. The highest BCUT2D eigenvalue weighted by molar-refractivity contribution is 5.76. The lowest BCUT2D eigenvalue weighted by atomic mass is 10.2. The molecule has 0 aromatic rings. The summed E-state index contributed by atoms with van der Waals surface area (Å²) in [6, 6.07) is 0. The van der Waals surface area contributed by atoms with Crippen LogP contribution in [0.1, 0.15) is 6.92 Å². The minimum atomic E-state index is -0.331. The first kappa shape index (κ1) is 6.43. The van der Waals surface area contributed by atoms with Gasteiger partial charge in [-0.15, -0.1) is 0 Å². The number of hydrogen-bond acceptors (Lipinski definition) is 2. The van der Waals surface area contributed by atoms with Gasteiger partial charge in [0, 0.05) is 12.5 Å². The van der Waals surface area contributed by atoms with Gasteiger partial charge in [-0.25, -0.2) is 0 Å². The largest absolute Gasteiger partial charge is 0.369 e. The van der Waals surface area contributed by atoms with Crippen molar-refractivity contribution in [2.75, 3.05) is 6.54 Å². The lowest BCUT2D eigenvalue weighted by molar-refractivity contribution is -0.120. The van der Waals surface area contributed by atoms with E-state index in [1.807, 2.05) is 0 Å². The molecule has 0 aromatic heterocycles. The van der Waals surface area contributed by atoms with Gasteiger partial charge in [-0.2, -0.15) is 0 Å². The zero-order valence-electron chi connectivity index (χ0n) is 4.35. The average molecular weight is 102 g/mol. The van der Waals surface area contributed by atoms with Gasteiger partial charge in [0.1, 0.15) is 0 Å². The summed E-state index contributed by atoms with van der Waals surface area (Å²) in [5, 5.41) is 0. The van der Waals surface area contributed by atoms with Gasteiger partial charge < -0.3 is 11.5 Å². The number of nitrogens with two attached hydrogens (primary N) is 2. The van der Waals surface area contributed by atoms with Crippen LogP contribution in [0.4, 0.5) is 0 Å². The molecule has 0 saturated carbocycles. The highest BCUT2D eigenvalue weighted by Crippen LogP contribution is 1.84. The standard InChI is InChI=1S/C4H10N2O/c1-3(2-5)4(6)7/h3H,2,5H2,1H3,(H2,6,7)/t3-/m1/s1. The zero-order valence-corrected chi connectivity index (χ0v) is 4.35. The lowest BCUT2D eigenvalue weighted by Crippen LogP contribution is -2.26. The maximum absolute atomic E-state index is 10.1. The molecule has 42 valence electrons. The second kappa shape index (κ2) is 2.58. The van der Waals surface area contributed by atoms with Crippen molar-refractivity contribution >= 4 is 5.91 Å². The molecule has 0 rings (SSSR count). The van der Waals surface area contributed by atoms with Gasteiger partial charge in [-0.05, 0) is 0 Å². The summed E-state index contributed by atoms with van der Waals surface area (Å²) in [4.78, 5) is 10.1. The average Bonchev–Trinajstić information content (AvgIpc) is 1.65. The number of carbonyl (C=O) groups is 1. The molecule has 0 aliphatic carbocycles. The topological polar surface area (TPSA) is 69.1 Å². The Hall–Kier alpha value is -0.570. The summed E-state index contributed by atoms with van der Waals surface area (Å²) in [5.74, 6) is -0.512. The molecule has 1 atom stereocenters. The Morgan fingerprint density at radius 1 is 1.86 bits per heavy atom. The number of amides is 1. The number of primary amides is 1. The fraction of sp³-hybridized carbons (Fsp3) is 0.750. The molecule has 1 amide bonds. The fourth-order valence-electron chi connectivity index (χ4n) is 0.116. The van der Waals surface area contributed by atoms with Gasteiger partial charge in [0.05, 0.1) is 0 Å². The van der Waals surface area contributed by atoms with Crippen LogP contribution < -0.4 is 11.5 Å². The van der Waals surface area contributed by atoms with Gasteiger partial charge in [-0.1, -0.05) is 6.92 Å². The SMILES string of the molecule is C[C@H](CN)C(N)=O. The molecule has 0 spiro atoms. The monoisotopic (exact) mass is 102 g/mol. The minimum Gasteiger partial charge on any atom is -0.369 e. The summed E-state index contributed by atoms with van der Waals surface area (Å²) in [5.41, 5.74) is 9.90. The Morgan fingerprint density at radius 2 is 2.29 bits per heavy atom. The Kier molecular flexibility index (Phi) is 2.37. The first-order valence-electron chi connectivity index (χ1n) is 2.18. The van der Waals surface area contributed by atoms with Gasteiger partial charge in [-0.3, -0.25) is 4.79 Å². The van der Waals surface area contributed by atoms with Crippen LogP contribution in [0.3, 0.4) is 0 Å². The Bertz CT molecular complexity index is 72.1. The van der Waals surface area contributed by atoms with Crippen molar-refractivity contribution in [3.8, 4) is 0 Å². The summed E-state index contributed by atoms with van der Waals surface area (Å²) >= 11 is 0. The van der Waals surface area contributed by atoms with E-state index < -0.39 is 0 Å². The third-order valence-corrected chi connectivity index (χ3v) is 0.839. The van der Waals surface area contributed by atoms with Gasteiger partial charge >= 0.3 is 0 Å². The maximum atomic E-state index is 10.1. The van der Waals surface area contributed by atoms with E-state index in [1.54, 1.807) is 6.92 Å². The van der Waals surface area contributed by atoms with Crippen molar-refractivity contribution in [1.82, 2.24) is 0 Å². The van der Waals surface area contributed by atoms with Gasteiger partial charge in [0.15, 0.2) is 0 Å². The Morgan fingerprint density at radius 3 is 2.29 bits per heavy atom. The molecule has 0 radical (unpaired) electrons. The highest BCUT2D eigenvalue weighted by Gasteiger charge is 2.02. The normalized spacial score (nSPS) is 13.4. The highest BCUT2D eigenvalue weighted by atomic mass is 16.1. The van der Waals surface area contributed by atoms with Crippen molar-refractivity contribution in [2.24, 2.45) is 17.4 Å². The van der Waals surface area contributed by atoms with Crippen molar-refractivity contribution in [2.45, 2.75) is 6.92 Å². The molecule has 0 aromatic carbocycles. The lowest BCUT2D eigenvalue weighted by Gasteiger charge is -1.98. The molecule has 4 N–H and O–H groups in total. The Balaban J connectivity index is 3.34. The van der Waals surface area contributed by atoms with Crippen LogP contribution >= 0.6 is 0 Å². The fourth-order valence-corrected chi connectivity index (χ4v) is 0.116. The Labute approximate surface area is 42.7 Å². The van der Waals surface area contributed by atoms with Gasteiger partial charge in [0.25, 0.3) is 0 Å². The third-order valence-electron chi connectivity index (χ3n) is 0.839. The number of rotatable bonds is 2. The zero-order chi connectivity index (χ0) is 5.86. The van der Waals surface area contributed by atoms with Gasteiger partial charge in [0.2, 0.25) is 5.91 Å². The minimum absolute atomic E-state index is 0.181. The molecule has 0 saturated heterocycles. The van der Waals surface area contributed by atoms with Crippen LogP contribution in [0, 0.1) is 5.92 Å². The molecule has 0 bridgehead atoms. The van der Waals surface area contributed by atoms with Crippen molar-refractivity contribution < 1.29 is 4.79 Å². The van der Waals surface area contributed by atoms with Crippen molar-refractivity contribution in [1.29, 1.82) is 0 Å². The van der Waals surface area contributed by atoms with E-state index in [9.17, 15) is 4.79 Å². The summed E-state index contributed by atoms with van der Waals surface area (Å²) in [6.07, 6.45) is 0. The van der Waals surface area contributed by atoms with E-state index in [0.717, 1.165) is 0 Å². The van der Waals surface area contributed by atoms with Crippen molar-refractivity contribution in [3.05, 3.63) is 0 Å². The molecular formula is C4H10N2O. The van der Waals surface area contributed by atoms with E-state index in [-0.39, 0.29) is 11.8 Å². The molecule has 3 heteroatoms. The third kappa shape index (κ3) is 2.17. The number of carbonyl (C=O) groups excluding carboxylic acids is 1. The maximum Gasteiger partial charge on any atom is 0.221 e. The molecule has 0 aliphatic rings. The van der Waals surface area contributed by atoms with E-state index in [4.69, 9.17) is 11.5 Å². The van der Waals surface area contributed by atoms with Crippen LogP contribution in [0.15, 0.2) is 0 Å². The quantitative estimate of drug-likeness (QED) is 0.472. The smallest absolute Gasteiger partial charge is 0.221 e. The van der Waals surface area contributed by atoms with Crippen LogP contribution in [-0.4, -0.2) is 12.5 Å². The van der Waals surface area contributed by atoms with E-state index in [2.05, 4.69) is 0 Å². The second-order valence-corrected chi connectivity index (χ2v) is 1.54. The van der Waals surface area contributed by atoms with Crippen LogP contribution in [0.25, 0.3) is 0 Å². The first-order valence-corrected chi connectivity index (χ1v) is 2.18. The molecule has 0 heterocycles. The summed E-state index contributed by atoms with van der Waals surface area (Å²) < 4.78 is 0. The van der Waals surface area contributed by atoms with E-state index in [0.29, 0.717) is 6.54 Å². The van der Waals surface area contributed by atoms with Crippen LogP contribution in [-0.2, 0) is 4.79 Å². The van der Waals surface area contributed by atoms with E-state index >= 15 is 0 Å². The molecule has 0 fully saturated rings. The second-order valence-electron chi connectivity index (χ2n) is 1.54. The number of hydrogen-bond donors (Lipinski definition) is 2. The van der Waals surface area contributed by atoms with E-state index in [1.165, 1.54) is 0 Å².